The highest BCUT2D eigenvalue weighted by atomic mass is 35.5. The quantitative estimate of drug-likeness (QED) is 0.664. The summed E-state index contributed by atoms with van der Waals surface area (Å²) < 4.78 is 13.1. The summed E-state index contributed by atoms with van der Waals surface area (Å²) in [4.78, 5) is 0. The van der Waals surface area contributed by atoms with Gasteiger partial charge in [0.2, 0.25) is 0 Å². The molecule has 2 aromatic rings. The molecule has 0 spiro atoms. The maximum absolute atomic E-state index is 13.1. The summed E-state index contributed by atoms with van der Waals surface area (Å²) in [6.07, 6.45) is 0.659. The van der Waals surface area contributed by atoms with Crippen molar-refractivity contribution < 1.29 is 4.39 Å². The van der Waals surface area contributed by atoms with Gasteiger partial charge in [-0.2, -0.15) is 0 Å². The number of hydrogen-bond acceptors (Lipinski definition) is 2. The van der Waals surface area contributed by atoms with E-state index in [1.54, 1.807) is 6.07 Å². The van der Waals surface area contributed by atoms with Gasteiger partial charge in [0.1, 0.15) is 5.82 Å². The summed E-state index contributed by atoms with van der Waals surface area (Å²) in [6.45, 7) is 3.85. The third-order valence-corrected chi connectivity index (χ3v) is 4.04. The minimum absolute atomic E-state index is 0.105. The van der Waals surface area contributed by atoms with Crippen LogP contribution in [0, 0.1) is 19.7 Å². The predicted molar refractivity (Wildman–Crippen MR) is 81.1 cm³/mol. The van der Waals surface area contributed by atoms with Crippen molar-refractivity contribution in [3.8, 4) is 0 Å². The van der Waals surface area contributed by atoms with Gasteiger partial charge in [0, 0.05) is 5.02 Å². The van der Waals surface area contributed by atoms with Gasteiger partial charge in [0.05, 0.1) is 6.04 Å². The maximum Gasteiger partial charge on any atom is 0.123 e. The van der Waals surface area contributed by atoms with E-state index in [1.165, 1.54) is 12.1 Å². The number of halogens is 2. The Hall–Kier alpha value is -1.42. The molecule has 0 fully saturated rings. The lowest BCUT2D eigenvalue weighted by Crippen LogP contribution is -2.30. The molecule has 106 valence electrons. The van der Waals surface area contributed by atoms with Gasteiger partial charge in [0.25, 0.3) is 0 Å². The number of hydrazine groups is 1. The van der Waals surface area contributed by atoms with Crippen molar-refractivity contribution in [1.29, 1.82) is 0 Å². The minimum atomic E-state index is -0.225. The minimum Gasteiger partial charge on any atom is -0.271 e. The normalized spacial score (nSPS) is 12.4. The fraction of sp³-hybridized carbons (Fsp3) is 0.250. The van der Waals surface area contributed by atoms with Gasteiger partial charge in [-0.1, -0.05) is 35.9 Å². The highest BCUT2D eigenvalue weighted by molar-refractivity contribution is 6.32. The van der Waals surface area contributed by atoms with Crippen LogP contribution >= 0.6 is 11.6 Å². The van der Waals surface area contributed by atoms with E-state index >= 15 is 0 Å². The Kier molecular flexibility index (Phi) is 4.76. The first kappa shape index (κ1) is 15.0. The van der Waals surface area contributed by atoms with Gasteiger partial charge >= 0.3 is 0 Å². The molecule has 0 aromatic heterocycles. The zero-order chi connectivity index (χ0) is 14.7. The second kappa shape index (κ2) is 6.35. The molecule has 0 bridgehead atoms. The third kappa shape index (κ3) is 3.18. The molecule has 0 saturated heterocycles. The summed E-state index contributed by atoms with van der Waals surface area (Å²) in [5.74, 6) is 5.44. The van der Waals surface area contributed by atoms with Crippen molar-refractivity contribution in [1.82, 2.24) is 5.43 Å². The van der Waals surface area contributed by atoms with Gasteiger partial charge in [-0.3, -0.25) is 11.3 Å². The Balaban J connectivity index is 2.31. The molecule has 20 heavy (non-hydrogen) atoms. The van der Waals surface area contributed by atoms with Crippen molar-refractivity contribution >= 4 is 11.6 Å². The molecule has 0 aliphatic carbocycles. The summed E-state index contributed by atoms with van der Waals surface area (Å²) in [7, 11) is 0. The van der Waals surface area contributed by atoms with Crippen LogP contribution in [0.15, 0.2) is 36.4 Å². The summed E-state index contributed by atoms with van der Waals surface area (Å²) >= 11 is 6.34. The first-order valence-corrected chi connectivity index (χ1v) is 6.87. The number of hydrogen-bond donors (Lipinski definition) is 2. The van der Waals surface area contributed by atoms with Crippen LogP contribution in [-0.2, 0) is 6.42 Å². The van der Waals surface area contributed by atoms with Gasteiger partial charge in [-0.15, -0.1) is 0 Å². The van der Waals surface area contributed by atoms with Crippen LogP contribution in [0.2, 0.25) is 5.02 Å². The number of rotatable bonds is 4. The van der Waals surface area contributed by atoms with Crippen molar-refractivity contribution in [2.75, 3.05) is 0 Å². The predicted octanol–water partition coefficient (Wildman–Crippen LogP) is 3.84. The average molecular weight is 293 g/mol. The largest absolute Gasteiger partial charge is 0.271 e. The number of nitrogens with one attached hydrogen (secondary N) is 1. The Morgan fingerprint density at radius 3 is 2.60 bits per heavy atom. The summed E-state index contributed by atoms with van der Waals surface area (Å²) in [5, 5.41) is 0.718. The first-order chi connectivity index (χ1) is 9.52. The molecule has 1 atom stereocenters. The molecule has 0 heterocycles. The van der Waals surface area contributed by atoms with Crippen LogP contribution < -0.4 is 11.3 Å². The maximum atomic E-state index is 13.1. The smallest absolute Gasteiger partial charge is 0.123 e. The van der Waals surface area contributed by atoms with Gasteiger partial charge in [0.15, 0.2) is 0 Å². The molecule has 0 radical (unpaired) electrons. The fourth-order valence-corrected chi connectivity index (χ4v) is 2.56. The van der Waals surface area contributed by atoms with E-state index in [4.69, 9.17) is 17.4 Å². The number of aryl methyl sites for hydroxylation is 2. The SMILES string of the molecule is Cc1cc(F)ccc1CC(NN)c1cccc(C)c1Cl. The van der Waals surface area contributed by atoms with E-state index in [1.807, 2.05) is 32.0 Å². The lowest BCUT2D eigenvalue weighted by Gasteiger charge is -2.20. The Labute approximate surface area is 123 Å². The van der Waals surface area contributed by atoms with Crippen LogP contribution in [0.3, 0.4) is 0 Å². The van der Waals surface area contributed by atoms with E-state index in [2.05, 4.69) is 5.43 Å². The van der Waals surface area contributed by atoms with Gasteiger partial charge in [-0.05, 0) is 54.7 Å². The third-order valence-electron chi connectivity index (χ3n) is 3.53. The monoisotopic (exact) mass is 292 g/mol. The van der Waals surface area contributed by atoms with Crippen LogP contribution in [0.1, 0.15) is 28.3 Å². The standard InChI is InChI=1S/C16H18ClFN2/c1-10-4-3-5-14(16(10)17)15(20-19)9-12-6-7-13(18)8-11(12)2/h3-8,15,20H,9,19H2,1-2H3. The highest BCUT2D eigenvalue weighted by Gasteiger charge is 2.16. The van der Waals surface area contributed by atoms with E-state index < -0.39 is 0 Å². The Morgan fingerprint density at radius 2 is 1.95 bits per heavy atom. The Morgan fingerprint density at radius 1 is 1.20 bits per heavy atom. The van der Waals surface area contributed by atoms with Gasteiger partial charge < -0.3 is 0 Å². The van der Waals surface area contributed by atoms with Crippen LogP contribution in [0.5, 0.6) is 0 Å². The van der Waals surface area contributed by atoms with Crippen molar-refractivity contribution in [3.05, 3.63) is 69.5 Å². The fourth-order valence-electron chi connectivity index (χ4n) is 2.31. The average Bonchev–Trinajstić information content (AvgIpc) is 2.42. The van der Waals surface area contributed by atoms with Gasteiger partial charge in [-0.25, -0.2) is 4.39 Å². The molecule has 0 amide bonds. The molecule has 2 rings (SSSR count). The number of nitrogens with two attached hydrogens (primary N) is 1. The topological polar surface area (TPSA) is 38.0 Å². The second-order valence-corrected chi connectivity index (χ2v) is 5.35. The van der Waals surface area contributed by atoms with E-state index in [0.29, 0.717) is 6.42 Å². The lowest BCUT2D eigenvalue weighted by molar-refractivity contribution is 0.549. The van der Waals surface area contributed by atoms with E-state index in [-0.39, 0.29) is 11.9 Å². The van der Waals surface area contributed by atoms with Crippen LogP contribution in [-0.4, -0.2) is 0 Å². The zero-order valence-electron chi connectivity index (χ0n) is 11.6. The molecule has 0 saturated carbocycles. The highest BCUT2D eigenvalue weighted by Crippen LogP contribution is 2.28. The van der Waals surface area contributed by atoms with Crippen LogP contribution in [0.25, 0.3) is 0 Å². The Bertz CT molecular complexity index is 613. The zero-order valence-corrected chi connectivity index (χ0v) is 12.3. The van der Waals surface area contributed by atoms with Crippen molar-refractivity contribution in [2.45, 2.75) is 26.3 Å². The van der Waals surface area contributed by atoms with Crippen molar-refractivity contribution in [2.24, 2.45) is 5.84 Å². The molecule has 1 unspecified atom stereocenters. The second-order valence-electron chi connectivity index (χ2n) is 4.97. The molecule has 3 N–H and O–H groups in total. The van der Waals surface area contributed by atoms with Crippen molar-refractivity contribution in [3.63, 3.8) is 0 Å². The molecule has 0 aliphatic heterocycles. The van der Waals surface area contributed by atoms with Crippen LogP contribution in [0.4, 0.5) is 4.39 Å². The first-order valence-electron chi connectivity index (χ1n) is 6.49. The van der Waals surface area contributed by atoms with E-state index in [0.717, 1.165) is 27.3 Å². The molecular formula is C16H18ClFN2. The van der Waals surface area contributed by atoms with E-state index in [9.17, 15) is 4.39 Å². The molecule has 2 aromatic carbocycles. The summed E-state index contributed by atoms with van der Waals surface area (Å²) in [6, 6.07) is 10.6. The molecular weight excluding hydrogens is 275 g/mol. The molecule has 0 aliphatic rings. The number of benzene rings is 2. The molecule has 2 nitrogen and oxygen atoms in total. The lowest BCUT2D eigenvalue weighted by atomic mass is 9.95. The molecule has 4 heteroatoms. The summed E-state index contributed by atoms with van der Waals surface area (Å²) in [5.41, 5.74) is 6.73.